The molecule has 12 heteroatoms. The van der Waals surface area contributed by atoms with E-state index in [0.717, 1.165) is 24.8 Å². The number of nitrogens with two attached hydrogens (primary N) is 1. The summed E-state index contributed by atoms with van der Waals surface area (Å²) in [6.45, 7) is 5.29. The van der Waals surface area contributed by atoms with Crippen LogP contribution in [0.15, 0.2) is 59.5 Å². The first kappa shape index (κ1) is 33.2. The molecule has 0 radical (unpaired) electrons. The molecule has 1 amide bonds. The van der Waals surface area contributed by atoms with Crippen molar-refractivity contribution in [2.24, 2.45) is 17.1 Å². The number of sulfonamides is 1. The highest BCUT2D eigenvalue weighted by atomic mass is 32.2. The number of benzene rings is 2. The molecule has 2 aliphatic rings. The zero-order valence-corrected chi connectivity index (χ0v) is 25.9. The largest absolute Gasteiger partial charge is 0.497 e. The van der Waals surface area contributed by atoms with E-state index in [1.54, 1.807) is 12.1 Å². The molecule has 238 valence electrons. The van der Waals surface area contributed by atoms with Crippen LogP contribution in [0.4, 0.5) is 4.79 Å². The molecular formula is C31H45N3O8S. The minimum atomic E-state index is -4.05. The Morgan fingerprint density at radius 1 is 1.12 bits per heavy atom. The zero-order chi connectivity index (χ0) is 31.0. The van der Waals surface area contributed by atoms with Crippen LogP contribution in [0, 0.1) is 11.3 Å². The molecule has 2 aromatic carbocycles. The first-order valence-corrected chi connectivity index (χ1v) is 16.3. The van der Waals surface area contributed by atoms with E-state index >= 15 is 0 Å². The number of nitrogens with one attached hydrogen (secondary N) is 2. The number of carbonyl (C=O) groups excluding carboxylic acids is 1. The van der Waals surface area contributed by atoms with Gasteiger partial charge in [0.25, 0.3) is 0 Å². The summed E-state index contributed by atoms with van der Waals surface area (Å²) in [7, 11) is -2.55. The van der Waals surface area contributed by atoms with Crippen molar-refractivity contribution < 1.29 is 37.3 Å². The van der Waals surface area contributed by atoms with Gasteiger partial charge in [-0.05, 0) is 73.9 Å². The van der Waals surface area contributed by atoms with E-state index in [2.05, 4.69) is 10.0 Å². The summed E-state index contributed by atoms with van der Waals surface area (Å²) < 4.78 is 51.9. The van der Waals surface area contributed by atoms with Crippen LogP contribution in [-0.4, -0.2) is 77.1 Å². The lowest BCUT2D eigenvalue weighted by molar-refractivity contribution is -0.0907. The summed E-state index contributed by atoms with van der Waals surface area (Å²) in [5.41, 5.74) is 6.26. The van der Waals surface area contributed by atoms with E-state index in [1.165, 1.54) is 19.2 Å². The van der Waals surface area contributed by atoms with Crippen molar-refractivity contribution in [2.75, 3.05) is 26.9 Å². The number of hydrogen-bond donors (Lipinski definition) is 4. The van der Waals surface area contributed by atoms with Crippen LogP contribution in [0.5, 0.6) is 5.75 Å². The molecule has 0 spiro atoms. The van der Waals surface area contributed by atoms with Gasteiger partial charge in [0.2, 0.25) is 10.0 Å². The number of aliphatic hydroxyl groups excluding tert-OH is 1. The minimum absolute atomic E-state index is 0.0341. The molecule has 2 saturated heterocycles. The maximum absolute atomic E-state index is 13.6. The standard InChI is InChI=1S/C31H45N3O8S/c1-31(2,15-7-16-32)19-26(34-43(37,38)23-12-10-22(39-3)11-13-23)28(35)25(18-21-8-5-4-6-9-21)33-30(36)42-27-20-41-29-24(27)14-17-40-29/h4-6,8-13,24-29,34-35H,7,14-20,32H2,1-3H3,(H,33,36)/t24-,25+,26?,27-,28-,29+/m1/s1. The van der Waals surface area contributed by atoms with Gasteiger partial charge < -0.3 is 35.1 Å². The van der Waals surface area contributed by atoms with Gasteiger partial charge in [0.1, 0.15) is 11.9 Å². The Kier molecular flexibility index (Phi) is 11.4. The van der Waals surface area contributed by atoms with Gasteiger partial charge in [-0.25, -0.2) is 17.9 Å². The monoisotopic (exact) mass is 619 g/mol. The SMILES string of the molecule is COc1ccc(S(=O)(=O)NC(CC(C)(C)CCCN)[C@H](O)[C@H](Cc2ccccc2)NC(=O)O[C@@H]2CO[C@@H]3OCC[C@@H]32)cc1. The Morgan fingerprint density at radius 2 is 1.84 bits per heavy atom. The van der Waals surface area contributed by atoms with Crippen LogP contribution in [0.3, 0.4) is 0 Å². The van der Waals surface area contributed by atoms with E-state index in [4.69, 9.17) is 24.7 Å². The van der Waals surface area contributed by atoms with Crippen LogP contribution < -0.4 is 20.5 Å². The topological polar surface area (TPSA) is 158 Å². The van der Waals surface area contributed by atoms with E-state index in [0.29, 0.717) is 25.3 Å². The van der Waals surface area contributed by atoms with E-state index < -0.39 is 40.4 Å². The molecule has 11 nitrogen and oxygen atoms in total. The third kappa shape index (κ3) is 9.13. The van der Waals surface area contributed by atoms with Gasteiger partial charge in [-0.3, -0.25) is 0 Å². The number of aliphatic hydroxyl groups is 1. The summed E-state index contributed by atoms with van der Waals surface area (Å²) in [4.78, 5) is 13.2. The number of ether oxygens (including phenoxy) is 4. The van der Waals surface area contributed by atoms with Gasteiger partial charge in [0.05, 0.1) is 49.3 Å². The molecule has 1 unspecified atom stereocenters. The molecule has 0 aromatic heterocycles. The molecule has 2 aliphatic heterocycles. The molecular weight excluding hydrogens is 574 g/mol. The Hall–Kier alpha value is -2.74. The molecule has 2 fully saturated rings. The van der Waals surface area contributed by atoms with Gasteiger partial charge in [-0.2, -0.15) is 0 Å². The highest BCUT2D eigenvalue weighted by Crippen LogP contribution is 2.33. The maximum Gasteiger partial charge on any atom is 0.407 e. The summed E-state index contributed by atoms with van der Waals surface area (Å²) in [6.07, 6.45) is -0.124. The molecule has 5 N–H and O–H groups in total. The van der Waals surface area contributed by atoms with E-state index in [-0.39, 0.29) is 35.5 Å². The van der Waals surface area contributed by atoms with Gasteiger partial charge in [-0.1, -0.05) is 44.2 Å². The number of hydrogen-bond acceptors (Lipinski definition) is 9. The lowest BCUT2D eigenvalue weighted by Crippen LogP contribution is -2.56. The van der Waals surface area contributed by atoms with Crippen LogP contribution in [0.25, 0.3) is 0 Å². The second-order valence-corrected chi connectivity index (χ2v) is 13.8. The number of rotatable bonds is 15. The van der Waals surface area contributed by atoms with Crippen LogP contribution in [-0.2, 0) is 30.7 Å². The fourth-order valence-corrected chi connectivity index (χ4v) is 7.06. The Labute approximate surface area is 254 Å². The van der Waals surface area contributed by atoms with Crippen molar-refractivity contribution in [1.29, 1.82) is 0 Å². The van der Waals surface area contributed by atoms with E-state index in [9.17, 15) is 18.3 Å². The van der Waals surface area contributed by atoms with Crippen LogP contribution >= 0.6 is 0 Å². The van der Waals surface area contributed by atoms with Crippen LogP contribution in [0.1, 0.15) is 45.1 Å². The number of alkyl carbamates (subject to hydrolysis) is 1. The lowest BCUT2D eigenvalue weighted by Gasteiger charge is -2.36. The summed E-state index contributed by atoms with van der Waals surface area (Å²) in [6, 6.07) is 13.6. The van der Waals surface area contributed by atoms with Crippen molar-refractivity contribution in [3.05, 3.63) is 60.2 Å². The average molecular weight is 620 g/mol. The first-order valence-electron chi connectivity index (χ1n) is 14.8. The lowest BCUT2D eigenvalue weighted by atomic mass is 9.79. The second kappa shape index (κ2) is 14.8. The summed E-state index contributed by atoms with van der Waals surface area (Å²) in [5, 5.41) is 14.7. The number of amides is 1. The molecule has 0 aliphatic carbocycles. The molecule has 2 heterocycles. The molecule has 43 heavy (non-hydrogen) atoms. The quantitative estimate of drug-likeness (QED) is 0.235. The van der Waals surface area contributed by atoms with Crippen molar-refractivity contribution in [2.45, 2.75) is 81.4 Å². The average Bonchev–Trinajstić information content (AvgIpc) is 3.60. The third-order valence-corrected chi connectivity index (χ3v) is 9.68. The normalized spacial score (nSPS) is 22.4. The smallest absolute Gasteiger partial charge is 0.407 e. The van der Waals surface area contributed by atoms with Crippen molar-refractivity contribution >= 4 is 16.1 Å². The highest BCUT2D eigenvalue weighted by Gasteiger charge is 2.44. The molecule has 6 atom stereocenters. The number of fused-ring (bicyclic) bond motifs is 1. The van der Waals surface area contributed by atoms with Gasteiger partial charge in [-0.15, -0.1) is 0 Å². The van der Waals surface area contributed by atoms with Gasteiger partial charge >= 0.3 is 6.09 Å². The predicted molar refractivity (Wildman–Crippen MR) is 161 cm³/mol. The van der Waals surface area contributed by atoms with Crippen molar-refractivity contribution in [3.63, 3.8) is 0 Å². The second-order valence-electron chi connectivity index (χ2n) is 12.1. The number of carbonyl (C=O) groups is 1. The first-order chi connectivity index (χ1) is 20.5. The molecule has 4 rings (SSSR count). The molecule has 2 aromatic rings. The summed E-state index contributed by atoms with van der Waals surface area (Å²) >= 11 is 0. The van der Waals surface area contributed by atoms with Gasteiger partial charge in [0.15, 0.2) is 6.29 Å². The third-order valence-electron chi connectivity index (χ3n) is 8.18. The summed E-state index contributed by atoms with van der Waals surface area (Å²) in [5.74, 6) is 0.475. The molecule has 0 saturated carbocycles. The Morgan fingerprint density at radius 3 is 2.51 bits per heavy atom. The zero-order valence-electron chi connectivity index (χ0n) is 25.1. The minimum Gasteiger partial charge on any atom is -0.497 e. The van der Waals surface area contributed by atoms with Crippen molar-refractivity contribution in [3.8, 4) is 5.75 Å². The maximum atomic E-state index is 13.6. The highest BCUT2D eigenvalue weighted by molar-refractivity contribution is 7.89. The predicted octanol–water partition coefficient (Wildman–Crippen LogP) is 2.96. The fraction of sp³-hybridized carbons (Fsp3) is 0.581. The number of methoxy groups -OCH3 is 1. The van der Waals surface area contributed by atoms with Crippen LogP contribution in [0.2, 0.25) is 0 Å². The van der Waals surface area contributed by atoms with Crippen molar-refractivity contribution in [1.82, 2.24) is 10.0 Å². The Bertz CT molecular complexity index is 1280. The van der Waals surface area contributed by atoms with Gasteiger partial charge in [0, 0.05) is 0 Å². The molecule has 0 bridgehead atoms. The van der Waals surface area contributed by atoms with E-state index in [1.807, 2.05) is 44.2 Å². The fourth-order valence-electron chi connectivity index (χ4n) is 5.81. The Balaban J connectivity index is 1.58.